The van der Waals surface area contributed by atoms with Crippen molar-refractivity contribution in [1.82, 2.24) is 15.1 Å². The first-order valence-electron chi connectivity index (χ1n) is 11.7. The van der Waals surface area contributed by atoms with Gasteiger partial charge in [-0.3, -0.25) is 4.79 Å². The van der Waals surface area contributed by atoms with Gasteiger partial charge < -0.3 is 25.0 Å². The van der Waals surface area contributed by atoms with E-state index in [1.54, 1.807) is 19.0 Å². The zero-order chi connectivity index (χ0) is 24.2. The highest BCUT2D eigenvalue weighted by molar-refractivity contribution is 5.89. The first-order chi connectivity index (χ1) is 16.4. The molecule has 8 heteroatoms. The van der Waals surface area contributed by atoms with Gasteiger partial charge in [-0.05, 0) is 55.6 Å². The van der Waals surface area contributed by atoms with Crippen molar-refractivity contribution in [2.45, 2.75) is 37.3 Å². The van der Waals surface area contributed by atoms with Crippen LogP contribution in [0.1, 0.15) is 36.3 Å². The van der Waals surface area contributed by atoms with Crippen LogP contribution in [0, 0.1) is 0 Å². The van der Waals surface area contributed by atoms with E-state index in [9.17, 15) is 19.5 Å². The van der Waals surface area contributed by atoms with Crippen LogP contribution in [0.15, 0.2) is 48.5 Å². The molecule has 8 nitrogen and oxygen atoms in total. The van der Waals surface area contributed by atoms with Gasteiger partial charge in [0, 0.05) is 19.0 Å². The summed E-state index contributed by atoms with van der Waals surface area (Å²) in [6, 6.07) is 14.4. The number of hydrogen-bond acceptors (Lipinski definition) is 5. The summed E-state index contributed by atoms with van der Waals surface area (Å²) in [6.07, 6.45) is 1.24. The van der Waals surface area contributed by atoms with Crippen LogP contribution in [-0.2, 0) is 14.3 Å². The molecule has 0 radical (unpaired) electrons. The van der Waals surface area contributed by atoms with Crippen LogP contribution in [0.3, 0.4) is 0 Å². The summed E-state index contributed by atoms with van der Waals surface area (Å²) >= 11 is 0. The molecule has 0 saturated carbocycles. The summed E-state index contributed by atoms with van der Waals surface area (Å²) in [6.45, 7) is 0.752. The molecule has 0 aromatic heterocycles. The lowest BCUT2D eigenvalue weighted by Crippen LogP contribution is -2.58. The molecule has 2 N–H and O–H groups in total. The fraction of sp³-hybridized carbons (Fsp3) is 0.423. The maximum atomic E-state index is 13.2. The van der Waals surface area contributed by atoms with Crippen LogP contribution >= 0.6 is 0 Å². The van der Waals surface area contributed by atoms with Crippen molar-refractivity contribution in [3.05, 3.63) is 59.7 Å². The van der Waals surface area contributed by atoms with Crippen molar-refractivity contribution in [2.75, 3.05) is 33.8 Å². The van der Waals surface area contributed by atoms with Crippen molar-refractivity contribution < 1.29 is 24.2 Å². The first kappa shape index (κ1) is 23.8. The molecule has 2 aliphatic rings. The molecule has 1 aliphatic heterocycles. The zero-order valence-electron chi connectivity index (χ0n) is 19.6. The van der Waals surface area contributed by atoms with Gasteiger partial charge in [-0.2, -0.15) is 0 Å². The van der Waals surface area contributed by atoms with Gasteiger partial charge in [0.15, 0.2) is 0 Å². The molecule has 1 saturated heterocycles. The van der Waals surface area contributed by atoms with Gasteiger partial charge in [-0.25, -0.2) is 9.59 Å². The highest BCUT2D eigenvalue weighted by Gasteiger charge is 2.37. The summed E-state index contributed by atoms with van der Waals surface area (Å²) in [7, 11) is 3.59. The van der Waals surface area contributed by atoms with Crippen LogP contribution in [0.2, 0.25) is 0 Å². The molecule has 2 amide bonds. The van der Waals surface area contributed by atoms with E-state index in [0.29, 0.717) is 13.0 Å². The number of carbonyl (C=O) groups is 3. The third-order valence-corrected chi connectivity index (χ3v) is 6.55. The molecule has 2 atom stereocenters. The standard InChI is InChI=1S/C26H31N3O5/c1-28(2)15-22(24(30)29-14-8-7-13-23(29)25(31)32)27-26(33)34-16-21-19-11-5-3-9-17(19)18-10-4-6-12-20(18)21/h3-6,9-12,21-23H,7-8,13-16H2,1-2H3,(H,27,33)(H,31,32). The number of piperidine rings is 1. The van der Waals surface area contributed by atoms with Crippen LogP contribution in [0.25, 0.3) is 11.1 Å². The van der Waals surface area contributed by atoms with Crippen molar-refractivity contribution in [3.8, 4) is 11.1 Å². The number of fused-ring (bicyclic) bond motifs is 3. The van der Waals surface area contributed by atoms with Crippen molar-refractivity contribution in [1.29, 1.82) is 0 Å². The van der Waals surface area contributed by atoms with Crippen molar-refractivity contribution in [3.63, 3.8) is 0 Å². The number of carboxylic acids is 1. The fourth-order valence-electron chi connectivity index (χ4n) is 4.99. The molecule has 180 valence electrons. The lowest BCUT2D eigenvalue weighted by Gasteiger charge is -2.36. The summed E-state index contributed by atoms with van der Waals surface area (Å²) < 4.78 is 5.61. The number of alkyl carbamates (subject to hydrolysis) is 1. The Morgan fingerprint density at radius 2 is 1.68 bits per heavy atom. The number of nitrogens with zero attached hydrogens (tertiary/aromatic N) is 2. The molecule has 2 aromatic rings. The minimum absolute atomic E-state index is 0.0837. The smallest absolute Gasteiger partial charge is 0.407 e. The van der Waals surface area contributed by atoms with E-state index >= 15 is 0 Å². The lowest BCUT2D eigenvalue weighted by molar-refractivity contribution is -0.153. The molecule has 1 aliphatic carbocycles. The average molecular weight is 466 g/mol. The number of aliphatic carboxylic acids is 1. The van der Waals surface area contributed by atoms with Crippen molar-refractivity contribution in [2.24, 2.45) is 0 Å². The molecular weight excluding hydrogens is 434 g/mol. The Morgan fingerprint density at radius 1 is 1.06 bits per heavy atom. The summed E-state index contributed by atoms with van der Waals surface area (Å²) in [4.78, 5) is 40.9. The zero-order valence-corrected chi connectivity index (χ0v) is 19.6. The number of amides is 2. The van der Waals surface area contributed by atoms with Gasteiger partial charge >= 0.3 is 12.1 Å². The minimum Gasteiger partial charge on any atom is -0.480 e. The Bertz CT molecular complexity index is 1020. The number of ether oxygens (including phenoxy) is 1. The lowest BCUT2D eigenvalue weighted by atomic mass is 9.98. The fourth-order valence-corrected chi connectivity index (χ4v) is 4.99. The van der Waals surface area contributed by atoms with Crippen LogP contribution in [0.5, 0.6) is 0 Å². The number of carboxylic acid groups (broad SMARTS) is 1. The summed E-state index contributed by atoms with van der Waals surface area (Å²) in [5.74, 6) is -1.49. The normalized spacial score (nSPS) is 18.2. The van der Waals surface area contributed by atoms with Gasteiger partial charge in [-0.1, -0.05) is 48.5 Å². The predicted octanol–water partition coefficient (Wildman–Crippen LogP) is 2.92. The number of likely N-dealkylation sites (N-methyl/N-ethyl adjacent to an activating group) is 1. The van der Waals surface area contributed by atoms with Crippen LogP contribution in [0.4, 0.5) is 4.79 Å². The van der Waals surface area contributed by atoms with Crippen molar-refractivity contribution >= 4 is 18.0 Å². The predicted molar refractivity (Wildman–Crippen MR) is 128 cm³/mol. The molecule has 4 rings (SSSR count). The molecule has 1 heterocycles. The van der Waals surface area contributed by atoms with E-state index in [0.717, 1.165) is 35.1 Å². The topological polar surface area (TPSA) is 99.2 Å². The van der Waals surface area contributed by atoms with E-state index in [4.69, 9.17) is 4.74 Å². The van der Waals surface area contributed by atoms with Gasteiger partial charge in [0.2, 0.25) is 5.91 Å². The first-order valence-corrected chi connectivity index (χ1v) is 11.7. The third kappa shape index (κ3) is 4.92. The number of rotatable bonds is 7. The number of benzene rings is 2. The number of hydrogen-bond donors (Lipinski definition) is 2. The second kappa shape index (κ2) is 10.3. The Balaban J connectivity index is 1.45. The second-order valence-corrected chi connectivity index (χ2v) is 9.17. The average Bonchev–Trinajstić information content (AvgIpc) is 3.15. The molecule has 0 bridgehead atoms. The Hall–Kier alpha value is -3.39. The Morgan fingerprint density at radius 3 is 2.26 bits per heavy atom. The maximum Gasteiger partial charge on any atom is 0.407 e. The quantitative estimate of drug-likeness (QED) is 0.652. The molecular formula is C26H31N3O5. The van der Waals surface area contributed by atoms with Gasteiger partial charge in [-0.15, -0.1) is 0 Å². The van der Waals surface area contributed by atoms with E-state index in [-0.39, 0.29) is 19.1 Å². The molecule has 34 heavy (non-hydrogen) atoms. The number of likely N-dealkylation sites (tertiary alicyclic amines) is 1. The van der Waals surface area contributed by atoms with Crippen LogP contribution < -0.4 is 5.32 Å². The van der Waals surface area contributed by atoms with E-state index in [1.807, 2.05) is 36.4 Å². The maximum absolute atomic E-state index is 13.2. The van der Waals surface area contributed by atoms with Gasteiger partial charge in [0.25, 0.3) is 0 Å². The number of nitrogens with one attached hydrogen (secondary N) is 1. The monoisotopic (exact) mass is 465 g/mol. The third-order valence-electron chi connectivity index (χ3n) is 6.55. The second-order valence-electron chi connectivity index (χ2n) is 9.17. The van der Waals surface area contributed by atoms with E-state index in [2.05, 4.69) is 17.4 Å². The van der Waals surface area contributed by atoms with Gasteiger partial charge in [0.1, 0.15) is 18.7 Å². The SMILES string of the molecule is CN(C)CC(NC(=O)OCC1c2ccccc2-c2ccccc21)C(=O)N1CCCCC1C(=O)O. The number of carbonyl (C=O) groups excluding carboxylic acids is 2. The minimum atomic E-state index is -1.02. The van der Waals surface area contributed by atoms with E-state index in [1.165, 1.54) is 4.90 Å². The molecule has 0 spiro atoms. The molecule has 2 unspecified atom stereocenters. The van der Waals surface area contributed by atoms with Gasteiger partial charge in [0.05, 0.1) is 0 Å². The Labute approximate surface area is 199 Å². The van der Waals surface area contributed by atoms with E-state index < -0.39 is 30.1 Å². The van der Waals surface area contributed by atoms with Crippen LogP contribution in [-0.4, -0.2) is 78.8 Å². The highest BCUT2D eigenvalue weighted by atomic mass is 16.5. The highest BCUT2D eigenvalue weighted by Crippen LogP contribution is 2.44. The largest absolute Gasteiger partial charge is 0.480 e. The summed E-state index contributed by atoms with van der Waals surface area (Å²) in [5.41, 5.74) is 4.49. The Kier molecular flexibility index (Phi) is 7.17. The molecule has 1 fully saturated rings. The molecule has 2 aromatic carbocycles. The summed E-state index contributed by atoms with van der Waals surface area (Å²) in [5, 5.41) is 12.2.